The molecule has 26 heavy (non-hydrogen) atoms. The van der Waals surface area contributed by atoms with Crippen molar-refractivity contribution in [3.05, 3.63) is 38.8 Å². The number of aryl methyl sites for hydroxylation is 1. The first kappa shape index (κ1) is 21.0. The monoisotopic (exact) mass is 432 g/mol. The van der Waals surface area contributed by atoms with E-state index in [1.807, 2.05) is 13.2 Å². The fourth-order valence-electron chi connectivity index (χ4n) is 2.05. The standard InChI is InChI=1S/C16H18Cl2N4O2S2/c1-3-13-21-22-16(26-13)20-15(24)12(6-7-25-2)19-14(23)10-5-4-9(17)8-11(10)18/h4-5,8,12H,3,6-7H2,1-2H3,(H,19,23)(H,20,22,24). The molecule has 0 aliphatic heterocycles. The smallest absolute Gasteiger partial charge is 0.253 e. The third kappa shape index (κ3) is 5.84. The number of hydrogen-bond acceptors (Lipinski definition) is 6. The molecule has 1 aromatic heterocycles. The molecule has 0 bridgehead atoms. The molecule has 140 valence electrons. The maximum absolute atomic E-state index is 12.6. The molecule has 1 unspecified atom stereocenters. The van der Waals surface area contributed by atoms with Gasteiger partial charge in [-0.15, -0.1) is 10.2 Å². The van der Waals surface area contributed by atoms with Crippen LogP contribution in [-0.4, -0.2) is 40.1 Å². The zero-order valence-corrected chi connectivity index (χ0v) is 17.4. The Bertz CT molecular complexity index is 785. The molecule has 10 heteroatoms. The number of benzene rings is 1. The maximum Gasteiger partial charge on any atom is 0.253 e. The fraction of sp³-hybridized carbons (Fsp3) is 0.375. The Labute approximate surface area is 170 Å². The van der Waals surface area contributed by atoms with Crippen molar-refractivity contribution >= 4 is 63.2 Å². The van der Waals surface area contributed by atoms with Crippen molar-refractivity contribution in [2.45, 2.75) is 25.8 Å². The van der Waals surface area contributed by atoms with Gasteiger partial charge in [-0.25, -0.2) is 0 Å². The molecule has 0 radical (unpaired) electrons. The summed E-state index contributed by atoms with van der Waals surface area (Å²) < 4.78 is 0. The lowest BCUT2D eigenvalue weighted by Crippen LogP contribution is -2.44. The van der Waals surface area contributed by atoms with Crippen LogP contribution in [0.4, 0.5) is 5.13 Å². The SMILES string of the molecule is CCc1nnc(NC(=O)C(CCSC)NC(=O)c2ccc(Cl)cc2Cl)s1. The van der Waals surface area contributed by atoms with E-state index >= 15 is 0 Å². The number of anilines is 1. The van der Waals surface area contributed by atoms with E-state index < -0.39 is 11.9 Å². The van der Waals surface area contributed by atoms with Gasteiger partial charge in [-0.3, -0.25) is 14.9 Å². The Hall–Kier alpha value is -1.35. The predicted molar refractivity (Wildman–Crippen MR) is 109 cm³/mol. The zero-order valence-electron chi connectivity index (χ0n) is 14.2. The van der Waals surface area contributed by atoms with Gasteiger partial charge in [0.2, 0.25) is 11.0 Å². The molecule has 6 nitrogen and oxygen atoms in total. The molecule has 1 aromatic carbocycles. The minimum Gasteiger partial charge on any atom is -0.340 e. The summed E-state index contributed by atoms with van der Waals surface area (Å²) in [7, 11) is 0. The molecule has 2 aromatic rings. The molecule has 0 aliphatic carbocycles. The van der Waals surface area contributed by atoms with Crippen LogP contribution >= 0.6 is 46.3 Å². The molecule has 1 heterocycles. The van der Waals surface area contributed by atoms with Crippen molar-refractivity contribution in [3.8, 4) is 0 Å². The second kappa shape index (κ2) is 10.1. The fourth-order valence-corrected chi connectivity index (χ4v) is 3.70. The number of amides is 2. The van der Waals surface area contributed by atoms with Gasteiger partial charge in [0.1, 0.15) is 11.0 Å². The van der Waals surface area contributed by atoms with Crippen LogP contribution in [0, 0.1) is 0 Å². The molecule has 2 N–H and O–H groups in total. The Kier molecular flexibility index (Phi) is 8.15. The molecule has 0 saturated heterocycles. The lowest BCUT2D eigenvalue weighted by atomic mass is 10.1. The van der Waals surface area contributed by atoms with Gasteiger partial charge in [-0.1, -0.05) is 41.5 Å². The summed E-state index contributed by atoms with van der Waals surface area (Å²) in [6.45, 7) is 1.96. The topological polar surface area (TPSA) is 84.0 Å². The summed E-state index contributed by atoms with van der Waals surface area (Å²) >= 11 is 14.8. The molecular formula is C16H18Cl2N4O2S2. The summed E-state index contributed by atoms with van der Waals surface area (Å²) in [6.07, 6.45) is 3.16. The van der Waals surface area contributed by atoms with Gasteiger partial charge >= 0.3 is 0 Å². The van der Waals surface area contributed by atoms with E-state index in [4.69, 9.17) is 23.2 Å². The molecule has 0 aliphatic rings. The molecular weight excluding hydrogens is 415 g/mol. The lowest BCUT2D eigenvalue weighted by Gasteiger charge is -2.17. The highest BCUT2D eigenvalue weighted by atomic mass is 35.5. The van der Waals surface area contributed by atoms with Gasteiger partial charge in [0, 0.05) is 5.02 Å². The number of carbonyl (C=O) groups is 2. The van der Waals surface area contributed by atoms with Crippen LogP contribution in [0.3, 0.4) is 0 Å². The van der Waals surface area contributed by atoms with Crippen LogP contribution in [0.1, 0.15) is 28.7 Å². The largest absolute Gasteiger partial charge is 0.340 e. The Morgan fingerprint density at radius 3 is 2.69 bits per heavy atom. The number of rotatable bonds is 8. The molecule has 0 saturated carbocycles. The van der Waals surface area contributed by atoms with Gasteiger partial charge in [0.15, 0.2) is 0 Å². The van der Waals surface area contributed by atoms with E-state index in [9.17, 15) is 9.59 Å². The number of nitrogens with one attached hydrogen (secondary N) is 2. The van der Waals surface area contributed by atoms with Gasteiger partial charge in [0.25, 0.3) is 5.91 Å². The number of hydrogen-bond donors (Lipinski definition) is 2. The van der Waals surface area contributed by atoms with E-state index in [2.05, 4.69) is 20.8 Å². The minimum atomic E-state index is -0.712. The van der Waals surface area contributed by atoms with Crippen LogP contribution in [0.15, 0.2) is 18.2 Å². The van der Waals surface area contributed by atoms with Gasteiger partial charge in [-0.05, 0) is 43.0 Å². The first-order valence-corrected chi connectivity index (χ1v) is 10.8. The number of halogens is 2. The van der Waals surface area contributed by atoms with Crippen molar-refractivity contribution in [1.82, 2.24) is 15.5 Å². The van der Waals surface area contributed by atoms with E-state index in [1.54, 1.807) is 17.8 Å². The third-order valence-corrected chi connectivity index (χ3v) is 5.58. The average Bonchev–Trinajstić information content (AvgIpc) is 3.05. The second-order valence-corrected chi connectivity index (χ2v) is 8.17. The van der Waals surface area contributed by atoms with E-state index in [0.29, 0.717) is 22.3 Å². The van der Waals surface area contributed by atoms with Gasteiger partial charge in [-0.2, -0.15) is 11.8 Å². The summed E-state index contributed by atoms with van der Waals surface area (Å²) in [6, 6.07) is 3.88. The number of nitrogens with zero attached hydrogens (tertiary/aromatic N) is 2. The molecule has 0 spiro atoms. The number of thioether (sulfide) groups is 1. The van der Waals surface area contributed by atoms with Crippen LogP contribution in [0.5, 0.6) is 0 Å². The van der Waals surface area contributed by atoms with Crippen molar-refractivity contribution < 1.29 is 9.59 Å². The summed E-state index contributed by atoms with van der Waals surface area (Å²) in [4.78, 5) is 25.1. The van der Waals surface area contributed by atoms with Crippen molar-refractivity contribution in [1.29, 1.82) is 0 Å². The minimum absolute atomic E-state index is 0.232. The molecule has 2 amide bonds. The van der Waals surface area contributed by atoms with Gasteiger partial charge < -0.3 is 5.32 Å². The van der Waals surface area contributed by atoms with E-state index in [0.717, 1.165) is 11.4 Å². The average molecular weight is 433 g/mol. The zero-order chi connectivity index (χ0) is 19.1. The highest BCUT2D eigenvalue weighted by Gasteiger charge is 2.23. The van der Waals surface area contributed by atoms with Crippen molar-refractivity contribution in [3.63, 3.8) is 0 Å². The van der Waals surface area contributed by atoms with Crippen LogP contribution in [0.25, 0.3) is 0 Å². The van der Waals surface area contributed by atoms with Crippen LogP contribution in [0.2, 0.25) is 10.0 Å². The van der Waals surface area contributed by atoms with Crippen molar-refractivity contribution in [2.24, 2.45) is 0 Å². The first-order valence-electron chi connectivity index (χ1n) is 7.82. The van der Waals surface area contributed by atoms with E-state index in [-0.39, 0.29) is 16.5 Å². The Morgan fingerprint density at radius 2 is 2.08 bits per heavy atom. The normalized spacial score (nSPS) is 11.8. The highest BCUT2D eigenvalue weighted by Crippen LogP contribution is 2.21. The summed E-state index contributed by atoms with van der Waals surface area (Å²) in [5, 5.41) is 15.3. The predicted octanol–water partition coefficient (Wildman–Crippen LogP) is 3.90. The third-order valence-electron chi connectivity index (χ3n) is 3.41. The number of aromatic nitrogens is 2. The van der Waals surface area contributed by atoms with Crippen LogP contribution < -0.4 is 10.6 Å². The van der Waals surface area contributed by atoms with Crippen molar-refractivity contribution in [2.75, 3.05) is 17.3 Å². The molecule has 2 rings (SSSR count). The summed E-state index contributed by atoms with van der Waals surface area (Å²) in [5.74, 6) is -0.0565. The Morgan fingerprint density at radius 1 is 1.31 bits per heavy atom. The molecule has 0 fully saturated rings. The number of carbonyl (C=O) groups excluding carboxylic acids is 2. The molecule has 1 atom stereocenters. The van der Waals surface area contributed by atoms with Crippen LogP contribution in [-0.2, 0) is 11.2 Å². The summed E-state index contributed by atoms with van der Waals surface area (Å²) in [5.41, 5.74) is 0.266. The van der Waals surface area contributed by atoms with Gasteiger partial charge in [0.05, 0.1) is 10.6 Å². The highest BCUT2D eigenvalue weighted by molar-refractivity contribution is 7.98. The van der Waals surface area contributed by atoms with E-state index in [1.165, 1.54) is 23.5 Å². The quantitative estimate of drug-likeness (QED) is 0.660. The maximum atomic E-state index is 12.6. The second-order valence-electron chi connectivity index (χ2n) is 5.28. The Balaban J connectivity index is 2.09. The first-order chi connectivity index (χ1) is 12.4. The lowest BCUT2D eigenvalue weighted by molar-refractivity contribution is -0.118.